The number of hydrogen-bond acceptors (Lipinski definition) is 3. The van der Waals surface area contributed by atoms with Gasteiger partial charge in [0.05, 0.1) is 7.11 Å². The Labute approximate surface area is 189 Å². The van der Waals surface area contributed by atoms with E-state index in [-0.39, 0.29) is 17.3 Å². The van der Waals surface area contributed by atoms with E-state index >= 15 is 0 Å². The largest absolute Gasteiger partial charge is 0.467 e. The molecule has 0 unspecified atom stereocenters. The number of nitrogens with one attached hydrogen (secondary N) is 1. The molecule has 1 aliphatic rings. The fraction of sp³-hybridized carbons (Fsp3) is 0.704. The van der Waals surface area contributed by atoms with Crippen molar-refractivity contribution in [3.63, 3.8) is 0 Å². The molecule has 1 aromatic rings. The van der Waals surface area contributed by atoms with Crippen LogP contribution in [0.1, 0.15) is 103 Å². The number of fused-ring (bicyclic) bond motifs is 1. The number of rotatable bonds is 10. The lowest BCUT2D eigenvalue weighted by Crippen LogP contribution is -2.42. The number of aryl methyl sites for hydroxylation is 1. The molecule has 1 aromatic carbocycles. The molecule has 1 N–H and O–H groups in total. The molecule has 0 bridgehead atoms. The van der Waals surface area contributed by atoms with Crippen molar-refractivity contribution in [2.75, 3.05) is 7.11 Å². The van der Waals surface area contributed by atoms with E-state index in [9.17, 15) is 9.59 Å². The molecule has 3 atom stereocenters. The van der Waals surface area contributed by atoms with Gasteiger partial charge < -0.3 is 10.1 Å². The van der Waals surface area contributed by atoms with Crippen LogP contribution in [0.4, 0.5) is 0 Å². The zero-order valence-electron chi connectivity index (χ0n) is 20.7. The highest BCUT2D eigenvalue weighted by atomic mass is 16.5. The maximum Gasteiger partial charge on any atom is 0.328 e. The molecule has 0 spiro atoms. The summed E-state index contributed by atoms with van der Waals surface area (Å²) in [6, 6.07) is 6.53. The van der Waals surface area contributed by atoms with Gasteiger partial charge in [-0.1, -0.05) is 66.2 Å². The predicted octanol–water partition coefficient (Wildman–Crippen LogP) is 5.91. The Morgan fingerprint density at radius 1 is 1.19 bits per heavy atom. The lowest BCUT2D eigenvalue weighted by Gasteiger charge is -2.42. The summed E-state index contributed by atoms with van der Waals surface area (Å²) < 4.78 is 4.85. The van der Waals surface area contributed by atoms with E-state index in [2.05, 4.69) is 51.2 Å². The smallest absolute Gasteiger partial charge is 0.328 e. The standard InChI is InChI=1S/C27H43NO3/c1-18(2)16-24(26(30)31-7)28-25(29)10-8-9-15-27(6)20(5)11-12-22-17-21(19(3)4)13-14-23(22)27/h13-14,17-20,24H,8-12,15-16H2,1-7H3,(H,28,29)/t20-,24+,27+/m1/s1. The van der Waals surface area contributed by atoms with Gasteiger partial charge in [-0.05, 0) is 72.0 Å². The first-order chi connectivity index (χ1) is 14.6. The second-order valence-electron chi connectivity index (χ2n) is 10.4. The molecular formula is C27H43NO3. The zero-order chi connectivity index (χ0) is 23.2. The van der Waals surface area contributed by atoms with Crippen molar-refractivity contribution in [3.8, 4) is 0 Å². The van der Waals surface area contributed by atoms with Crippen molar-refractivity contribution in [1.82, 2.24) is 5.32 Å². The lowest BCUT2D eigenvalue weighted by atomic mass is 9.62. The molecule has 1 aliphatic carbocycles. The monoisotopic (exact) mass is 429 g/mol. The molecule has 1 amide bonds. The Morgan fingerprint density at radius 3 is 2.52 bits per heavy atom. The molecule has 0 fully saturated rings. The van der Waals surface area contributed by atoms with Gasteiger partial charge in [0, 0.05) is 6.42 Å². The second-order valence-corrected chi connectivity index (χ2v) is 10.4. The van der Waals surface area contributed by atoms with Crippen molar-refractivity contribution in [2.24, 2.45) is 11.8 Å². The molecule has 174 valence electrons. The van der Waals surface area contributed by atoms with Crippen molar-refractivity contribution in [3.05, 3.63) is 34.9 Å². The number of hydrogen-bond donors (Lipinski definition) is 1. The third-order valence-electron chi connectivity index (χ3n) is 7.22. The number of amides is 1. The molecule has 0 heterocycles. The maximum atomic E-state index is 12.4. The Morgan fingerprint density at radius 2 is 1.90 bits per heavy atom. The summed E-state index contributed by atoms with van der Waals surface area (Å²) in [4.78, 5) is 24.4. The average Bonchev–Trinajstić information content (AvgIpc) is 2.72. The van der Waals surface area contributed by atoms with Crippen LogP contribution in [0.2, 0.25) is 0 Å². The van der Waals surface area contributed by atoms with Gasteiger partial charge in [0.15, 0.2) is 0 Å². The molecule has 2 rings (SSSR count). The fourth-order valence-corrected chi connectivity index (χ4v) is 4.95. The van der Waals surface area contributed by atoms with Crippen molar-refractivity contribution in [1.29, 1.82) is 0 Å². The van der Waals surface area contributed by atoms with Gasteiger partial charge in [0.1, 0.15) is 6.04 Å². The first kappa shape index (κ1) is 25.4. The van der Waals surface area contributed by atoms with E-state index in [0.717, 1.165) is 19.3 Å². The highest BCUT2D eigenvalue weighted by molar-refractivity contribution is 5.84. The molecule has 0 aromatic heterocycles. The molecule has 0 radical (unpaired) electrons. The topological polar surface area (TPSA) is 55.4 Å². The van der Waals surface area contributed by atoms with Crippen LogP contribution in [0.15, 0.2) is 18.2 Å². The number of carbonyl (C=O) groups excluding carboxylic acids is 2. The lowest BCUT2D eigenvalue weighted by molar-refractivity contribution is -0.145. The predicted molar refractivity (Wildman–Crippen MR) is 127 cm³/mol. The Hall–Kier alpha value is -1.84. The van der Waals surface area contributed by atoms with E-state index in [4.69, 9.17) is 4.74 Å². The summed E-state index contributed by atoms with van der Waals surface area (Å²) in [5.41, 5.74) is 4.60. The molecule has 4 heteroatoms. The van der Waals surface area contributed by atoms with Gasteiger partial charge in [-0.2, -0.15) is 0 Å². The zero-order valence-corrected chi connectivity index (χ0v) is 20.7. The maximum absolute atomic E-state index is 12.4. The molecule has 0 saturated carbocycles. The minimum absolute atomic E-state index is 0.0557. The van der Waals surface area contributed by atoms with E-state index in [1.807, 2.05) is 13.8 Å². The number of carbonyl (C=O) groups is 2. The summed E-state index contributed by atoms with van der Waals surface area (Å²) in [5.74, 6) is 1.09. The molecule has 31 heavy (non-hydrogen) atoms. The van der Waals surface area contributed by atoms with Gasteiger partial charge in [0.2, 0.25) is 5.91 Å². The van der Waals surface area contributed by atoms with E-state index in [1.54, 1.807) is 0 Å². The van der Waals surface area contributed by atoms with Crippen LogP contribution in [0.3, 0.4) is 0 Å². The molecule has 0 saturated heterocycles. The van der Waals surface area contributed by atoms with Crippen molar-refractivity contribution >= 4 is 11.9 Å². The minimum Gasteiger partial charge on any atom is -0.467 e. The minimum atomic E-state index is -0.546. The van der Waals surface area contributed by atoms with Crippen LogP contribution < -0.4 is 5.32 Å². The second kappa shape index (κ2) is 11.2. The summed E-state index contributed by atoms with van der Waals surface area (Å²) in [7, 11) is 1.37. The normalized spacial score (nSPS) is 21.6. The Balaban J connectivity index is 1.94. The van der Waals surface area contributed by atoms with Crippen LogP contribution in [-0.4, -0.2) is 25.0 Å². The van der Waals surface area contributed by atoms with Crippen LogP contribution in [0.25, 0.3) is 0 Å². The molecule has 4 nitrogen and oxygen atoms in total. The van der Waals surface area contributed by atoms with Crippen LogP contribution in [0.5, 0.6) is 0 Å². The SMILES string of the molecule is COC(=O)[C@H](CC(C)C)NC(=O)CCCC[C@]1(C)c2ccc(C(C)C)cc2CC[C@H]1C. The summed E-state index contributed by atoms with van der Waals surface area (Å²) in [5, 5.41) is 2.87. The van der Waals surface area contributed by atoms with Crippen LogP contribution >= 0.6 is 0 Å². The van der Waals surface area contributed by atoms with Gasteiger partial charge in [0.25, 0.3) is 0 Å². The van der Waals surface area contributed by atoms with Gasteiger partial charge in [-0.3, -0.25) is 4.79 Å². The average molecular weight is 430 g/mol. The highest BCUT2D eigenvalue weighted by Crippen LogP contribution is 2.45. The Kier molecular flexibility index (Phi) is 9.14. The van der Waals surface area contributed by atoms with Gasteiger partial charge in [-0.15, -0.1) is 0 Å². The molecule has 0 aliphatic heterocycles. The van der Waals surface area contributed by atoms with Gasteiger partial charge >= 0.3 is 5.97 Å². The quantitative estimate of drug-likeness (QED) is 0.371. The number of methoxy groups -OCH3 is 1. The number of benzene rings is 1. The molecular weight excluding hydrogens is 386 g/mol. The number of esters is 1. The van der Waals surface area contributed by atoms with Crippen LogP contribution in [-0.2, 0) is 26.2 Å². The highest BCUT2D eigenvalue weighted by Gasteiger charge is 2.37. The van der Waals surface area contributed by atoms with E-state index in [1.165, 1.54) is 36.6 Å². The summed E-state index contributed by atoms with van der Waals surface area (Å²) >= 11 is 0. The first-order valence-electron chi connectivity index (χ1n) is 12.1. The Bertz CT molecular complexity index is 755. The third-order valence-corrected chi connectivity index (χ3v) is 7.22. The van der Waals surface area contributed by atoms with E-state index < -0.39 is 6.04 Å². The summed E-state index contributed by atoms with van der Waals surface area (Å²) in [6.45, 7) is 13.4. The summed E-state index contributed by atoms with van der Waals surface area (Å²) in [6.07, 6.45) is 6.37. The fourth-order valence-electron chi connectivity index (χ4n) is 4.95. The van der Waals surface area contributed by atoms with Crippen molar-refractivity contribution in [2.45, 2.75) is 104 Å². The van der Waals surface area contributed by atoms with Crippen molar-refractivity contribution < 1.29 is 14.3 Å². The van der Waals surface area contributed by atoms with Crippen LogP contribution in [0, 0.1) is 11.8 Å². The van der Waals surface area contributed by atoms with Gasteiger partial charge in [-0.25, -0.2) is 4.79 Å². The van der Waals surface area contributed by atoms with E-state index in [0.29, 0.717) is 30.6 Å². The first-order valence-corrected chi connectivity index (χ1v) is 12.1. The number of ether oxygens (including phenoxy) is 1. The number of unbranched alkanes of at least 4 members (excludes halogenated alkanes) is 1. The third kappa shape index (κ3) is 6.57.